The molecule has 0 aliphatic carbocycles. The number of hydrogen-bond donors (Lipinski definition) is 1. The van der Waals surface area contributed by atoms with Gasteiger partial charge in [-0.05, 0) is 17.5 Å². The molecule has 8 heteroatoms. The van der Waals surface area contributed by atoms with Crippen molar-refractivity contribution in [3.63, 3.8) is 0 Å². The Morgan fingerprint density at radius 2 is 1.66 bits per heavy atom. The number of aliphatic hydroxyl groups excluding tert-OH is 1. The van der Waals surface area contributed by atoms with Crippen molar-refractivity contribution >= 4 is 33.3 Å². The number of amides is 2. The molecule has 4 radical (unpaired) electrons. The Bertz CT molecular complexity index is 816. The highest BCUT2D eigenvalue weighted by Gasteiger charge is 2.35. The second kappa shape index (κ2) is 11.2. The Morgan fingerprint density at radius 3 is 2.17 bits per heavy atom. The largest absolute Gasteiger partial charge is 0.447 e. The van der Waals surface area contributed by atoms with E-state index in [4.69, 9.17) is 25.5 Å². The zero-order valence-corrected chi connectivity index (χ0v) is 15.9. The number of imide groups is 1. The zero-order chi connectivity index (χ0) is 21.2. The first-order chi connectivity index (χ1) is 13.9. The third-order valence-electron chi connectivity index (χ3n) is 4.45. The lowest BCUT2D eigenvalue weighted by Gasteiger charge is -2.18. The number of carbonyl (C=O) groups is 3. The number of rotatable bonds is 6. The predicted molar refractivity (Wildman–Crippen MR) is 110 cm³/mol. The number of ether oxygens (including phenoxy) is 1. The van der Waals surface area contributed by atoms with Crippen LogP contribution in [0.4, 0.5) is 9.59 Å². The molecule has 1 N–H and O–H groups in total. The Morgan fingerprint density at radius 1 is 1.07 bits per heavy atom. The van der Waals surface area contributed by atoms with Crippen LogP contribution in [0.25, 0.3) is 0 Å². The van der Waals surface area contributed by atoms with Crippen LogP contribution in [-0.2, 0) is 16.0 Å². The minimum atomic E-state index is -0.761. The summed E-state index contributed by atoms with van der Waals surface area (Å²) in [7, 11) is 10.2. The highest BCUT2D eigenvalue weighted by atomic mass is 16.6. The molecule has 3 rings (SSSR count). The lowest BCUT2D eigenvalue weighted by Crippen LogP contribution is -2.39. The van der Waals surface area contributed by atoms with Crippen molar-refractivity contribution in [2.75, 3.05) is 13.2 Å². The number of carbonyl (C=O) groups excluding carboxylic acids is 3. The highest BCUT2D eigenvalue weighted by Crippen LogP contribution is 2.18. The zero-order valence-electron chi connectivity index (χ0n) is 15.9. The minimum absolute atomic E-state index is 0.0487. The van der Waals surface area contributed by atoms with Gasteiger partial charge in [0.2, 0.25) is 7.85 Å². The van der Waals surface area contributed by atoms with E-state index in [1.54, 1.807) is 0 Å². The molecule has 0 saturated carbocycles. The maximum atomic E-state index is 11.2. The molecule has 0 unspecified atom stereocenters. The van der Waals surface area contributed by atoms with Gasteiger partial charge < -0.3 is 14.6 Å². The van der Waals surface area contributed by atoms with Crippen LogP contribution in [0.3, 0.4) is 0 Å². The fourth-order valence-electron chi connectivity index (χ4n) is 3.02. The first-order valence-corrected chi connectivity index (χ1v) is 9.15. The van der Waals surface area contributed by atoms with Crippen LogP contribution in [0.5, 0.6) is 0 Å². The molecule has 1 heterocycles. The van der Waals surface area contributed by atoms with Gasteiger partial charge in [-0.15, -0.1) is 0 Å². The van der Waals surface area contributed by atoms with Gasteiger partial charge in [-0.2, -0.15) is 0 Å². The van der Waals surface area contributed by atoms with Crippen molar-refractivity contribution in [3.05, 3.63) is 71.8 Å². The standard InChI is InChI=1S/C11H10BNO3.C10H11BO2/c12-10(14)13-9(7-16-11(13)15)6-8-4-2-1-3-5-8;11-10(13)6-9(7-12)8-4-2-1-3-5-8/h1-5,9H,6-7H2;1-5,9,12H,6-7H2/t2*9-/m00/s1. The van der Waals surface area contributed by atoms with E-state index in [-0.39, 0.29) is 37.3 Å². The molecule has 2 aromatic rings. The molecule has 6 nitrogen and oxygen atoms in total. The SMILES string of the molecule is [B]C(=O)C[C@@H](CO)c1ccccc1.[B]C(=O)N1C(=O)OC[C@@H]1Cc1ccccc1. The predicted octanol–water partition coefficient (Wildman–Crippen LogP) is 2.19. The molecule has 2 aromatic carbocycles. The smallest absolute Gasteiger partial charge is 0.416 e. The van der Waals surface area contributed by atoms with Gasteiger partial charge in [-0.3, -0.25) is 9.69 Å². The summed E-state index contributed by atoms with van der Waals surface area (Å²) < 4.78 is 4.80. The summed E-state index contributed by atoms with van der Waals surface area (Å²) in [5.74, 6) is -0.929. The molecule has 0 bridgehead atoms. The van der Waals surface area contributed by atoms with Crippen LogP contribution in [0.2, 0.25) is 0 Å². The van der Waals surface area contributed by atoms with Crippen molar-refractivity contribution in [1.82, 2.24) is 4.90 Å². The van der Waals surface area contributed by atoms with E-state index >= 15 is 0 Å². The Balaban J connectivity index is 0.000000212. The van der Waals surface area contributed by atoms with Crippen molar-refractivity contribution in [1.29, 1.82) is 0 Å². The first kappa shape index (κ1) is 22.4. The van der Waals surface area contributed by atoms with Gasteiger partial charge in [-0.1, -0.05) is 60.7 Å². The Kier molecular flexibility index (Phi) is 8.68. The van der Waals surface area contributed by atoms with Gasteiger partial charge in [0, 0.05) is 12.3 Å². The molecule has 1 aliphatic rings. The molecule has 29 heavy (non-hydrogen) atoms. The Labute approximate surface area is 172 Å². The van der Waals surface area contributed by atoms with Gasteiger partial charge in [0.15, 0.2) is 13.7 Å². The summed E-state index contributed by atoms with van der Waals surface area (Å²) in [6.07, 6.45) is 0.101. The van der Waals surface area contributed by atoms with E-state index in [0.29, 0.717) is 6.42 Å². The lowest BCUT2D eigenvalue weighted by molar-refractivity contribution is -0.112. The molecule has 1 fully saturated rings. The minimum Gasteiger partial charge on any atom is -0.447 e. The third-order valence-corrected chi connectivity index (χ3v) is 4.45. The molecule has 0 aromatic heterocycles. The van der Waals surface area contributed by atoms with Gasteiger partial charge in [0.25, 0.3) is 0 Å². The summed E-state index contributed by atoms with van der Waals surface area (Å²) >= 11 is 0. The van der Waals surface area contributed by atoms with Crippen LogP contribution >= 0.6 is 0 Å². The summed E-state index contributed by atoms with van der Waals surface area (Å²) in [6, 6.07) is 18.7. The van der Waals surface area contributed by atoms with E-state index < -0.39 is 11.9 Å². The first-order valence-electron chi connectivity index (χ1n) is 9.15. The monoisotopic (exact) mass is 389 g/mol. The van der Waals surface area contributed by atoms with Crippen molar-refractivity contribution in [2.45, 2.75) is 24.8 Å². The van der Waals surface area contributed by atoms with E-state index in [0.717, 1.165) is 16.0 Å². The van der Waals surface area contributed by atoms with Crippen molar-refractivity contribution in [3.8, 4) is 0 Å². The van der Waals surface area contributed by atoms with Crippen LogP contribution < -0.4 is 0 Å². The van der Waals surface area contributed by atoms with Gasteiger partial charge in [0.05, 0.1) is 18.3 Å². The summed E-state index contributed by atoms with van der Waals surface area (Å²) in [5, 5.41) is 9.02. The average molecular weight is 389 g/mol. The Hall–Kier alpha value is -2.86. The molecule has 1 aliphatic heterocycles. The summed E-state index contributed by atoms with van der Waals surface area (Å²) in [5.41, 5.74) is 1.60. The lowest BCUT2D eigenvalue weighted by atomic mass is 9.88. The van der Waals surface area contributed by atoms with Crippen molar-refractivity contribution < 1.29 is 24.2 Å². The second-order valence-corrected chi connectivity index (χ2v) is 6.59. The van der Waals surface area contributed by atoms with Crippen LogP contribution in [0.15, 0.2) is 60.7 Å². The fourth-order valence-corrected chi connectivity index (χ4v) is 3.02. The highest BCUT2D eigenvalue weighted by molar-refractivity contribution is 6.58. The van der Waals surface area contributed by atoms with Crippen LogP contribution in [0, 0.1) is 0 Å². The quantitative estimate of drug-likeness (QED) is 0.766. The number of aliphatic hydroxyl groups is 1. The molecule has 2 amide bonds. The molecule has 0 spiro atoms. The van der Waals surface area contributed by atoms with Gasteiger partial charge >= 0.3 is 6.09 Å². The third kappa shape index (κ3) is 6.91. The number of benzene rings is 2. The number of nitrogens with zero attached hydrogens (tertiary/aromatic N) is 1. The van der Waals surface area contributed by atoms with Crippen LogP contribution in [0.1, 0.15) is 23.5 Å². The molecule has 146 valence electrons. The molecule has 2 atom stereocenters. The number of hydrogen-bond acceptors (Lipinski definition) is 5. The second-order valence-electron chi connectivity index (χ2n) is 6.59. The topological polar surface area (TPSA) is 83.9 Å². The van der Waals surface area contributed by atoms with E-state index in [1.807, 2.05) is 60.7 Å². The summed E-state index contributed by atoms with van der Waals surface area (Å²) in [6.45, 7) is 0.156. The average Bonchev–Trinajstić information content (AvgIpc) is 3.08. The van der Waals surface area contributed by atoms with E-state index in [9.17, 15) is 14.4 Å². The maximum Gasteiger partial charge on any atom is 0.416 e. The molecule has 1 saturated heterocycles. The van der Waals surface area contributed by atoms with E-state index in [1.165, 1.54) is 0 Å². The fraction of sp³-hybridized carbons (Fsp3) is 0.286. The molecular formula is C21H21B2NO5. The maximum absolute atomic E-state index is 11.2. The van der Waals surface area contributed by atoms with Gasteiger partial charge in [0.1, 0.15) is 6.61 Å². The van der Waals surface area contributed by atoms with Crippen molar-refractivity contribution in [2.24, 2.45) is 0 Å². The molecular weight excluding hydrogens is 368 g/mol. The van der Waals surface area contributed by atoms with E-state index in [2.05, 4.69) is 0 Å². The van der Waals surface area contributed by atoms with Gasteiger partial charge in [-0.25, -0.2) is 4.79 Å². The van der Waals surface area contributed by atoms with Crippen LogP contribution in [-0.4, -0.2) is 62.5 Å². The number of cyclic esters (lactones) is 1. The summed E-state index contributed by atoms with van der Waals surface area (Å²) in [4.78, 5) is 33.9. The normalized spacial score (nSPS) is 16.4.